The average molecular weight is 219 g/mol. The number of hydrogen-bond donors (Lipinski definition) is 2. The van der Waals surface area contributed by atoms with Crippen LogP contribution in [0.15, 0.2) is 30.5 Å². The Hall–Kier alpha value is -1.81. The van der Waals surface area contributed by atoms with Crippen molar-refractivity contribution in [3.05, 3.63) is 36.0 Å². The summed E-state index contributed by atoms with van der Waals surface area (Å²) in [6.07, 6.45) is 2.52. The second kappa shape index (κ2) is 4.37. The van der Waals surface area contributed by atoms with Crippen molar-refractivity contribution in [3.63, 3.8) is 0 Å². The normalized spacial score (nSPS) is 12.6. The Morgan fingerprint density at radius 3 is 3.00 bits per heavy atom. The van der Waals surface area contributed by atoms with Crippen LogP contribution in [0.5, 0.6) is 0 Å². The highest BCUT2D eigenvalue weighted by Gasteiger charge is 2.19. The fraction of sp³-hybridized carbons (Fsp3) is 0.250. The van der Waals surface area contributed by atoms with E-state index in [4.69, 9.17) is 0 Å². The SMILES string of the molecule is COC(=O)[C@@H]([NH3+])Cc1c[nH]c2ccccc12. The van der Waals surface area contributed by atoms with Crippen molar-refractivity contribution in [1.29, 1.82) is 0 Å². The van der Waals surface area contributed by atoms with Crippen LogP contribution in [0.3, 0.4) is 0 Å². The standard InChI is InChI=1S/C12H14N2O2/c1-16-12(15)10(13)6-8-7-14-11-5-3-2-4-9(8)11/h2-5,7,10,14H,6,13H2,1H3/p+1/t10-/m0/s1. The Morgan fingerprint density at radius 1 is 1.50 bits per heavy atom. The number of carbonyl (C=O) groups is 1. The van der Waals surface area contributed by atoms with Gasteiger partial charge in [0.2, 0.25) is 0 Å². The van der Waals surface area contributed by atoms with Crippen LogP contribution in [0, 0.1) is 0 Å². The van der Waals surface area contributed by atoms with Gasteiger partial charge in [-0.15, -0.1) is 0 Å². The maximum Gasteiger partial charge on any atom is 0.364 e. The zero-order chi connectivity index (χ0) is 11.5. The smallest absolute Gasteiger partial charge is 0.364 e. The molecule has 0 amide bonds. The van der Waals surface area contributed by atoms with E-state index in [9.17, 15) is 4.79 Å². The van der Waals surface area contributed by atoms with Crippen molar-refractivity contribution in [2.24, 2.45) is 0 Å². The van der Waals surface area contributed by atoms with Crippen LogP contribution < -0.4 is 5.73 Å². The van der Waals surface area contributed by atoms with E-state index in [0.29, 0.717) is 6.42 Å². The number of hydrogen-bond acceptors (Lipinski definition) is 2. The van der Waals surface area contributed by atoms with Crippen LogP contribution in [0.1, 0.15) is 5.56 Å². The van der Waals surface area contributed by atoms with Gasteiger partial charge in [0.25, 0.3) is 0 Å². The quantitative estimate of drug-likeness (QED) is 0.738. The number of fused-ring (bicyclic) bond motifs is 1. The van der Waals surface area contributed by atoms with Crippen LogP contribution in [-0.2, 0) is 16.0 Å². The third-order valence-corrected chi connectivity index (χ3v) is 2.68. The Labute approximate surface area is 93.4 Å². The summed E-state index contributed by atoms with van der Waals surface area (Å²) >= 11 is 0. The minimum absolute atomic E-state index is 0.273. The van der Waals surface area contributed by atoms with E-state index in [1.165, 1.54) is 7.11 Å². The molecule has 4 N–H and O–H groups in total. The molecule has 84 valence electrons. The van der Waals surface area contributed by atoms with E-state index in [1.807, 2.05) is 30.5 Å². The number of rotatable bonds is 3. The molecule has 2 aromatic rings. The molecule has 1 heterocycles. The van der Waals surface area contributed by atoms with Gasteiger partial charge in [0, 0.05) is 23.5 Å². The van der Waals surface area contributed by atoms with Gasteiger partial charge < -0.3 is 15.5 Å². The summed E-state index contributed by atoms with van der Waals surface area (Å²) in [6, 6.07) is 7.64. The first-order valence-electron chi connectivity index (χ1n) is 5.18. The number of esters is 1. The van der Waals surface area contributed by atoms with E-state index in [-0.39, 0.29) is 12.0 Å². The Balaban J connectivity index is 2.24. The molecule has 16 heavy (non-hydrogen) atoms. The lowest BCUT2D eigenvalue weighted by molar-refractivity contribution is -0.407. The van der Waals surface area contributed by atoms with E-state index >= 15 is 0 Å². The predicted molar refractivity (Wildman–Crippen MR) is 60.7 cm³/mol. The number of nitrogens with one attached hydrogen (secondary N) is 1. The molecule has 0 aliphatic carbocycles. The molecular weight excluding hydrogens is 204 g/mol. The summed E-state index contributed by atoms with van der Waals surface area (Å²) in [4.78, 5) is 14.4. The molecule has 1 atom stereocenters. The monoisotopic (exact) mass is 219 g/mol. The number of carbonyl (C=O) groups excluding carboxylic acids is 1. The van der Waals surface area contributed by atoms with Gasteiger partial charge in [-0.05, 0) is 11.6 Å². The van der Waals surface area contributed by atoms with Crippen molar-refractivity contribution < 1.29 is 15.3 Å². The maximum absolute atomic E-state index is 11.3. The summed E-state index contributed by atoms with van der Waals surface area (Å²) in [7, 11) is 1.38. The number of para-hydroxylation sites is 1. The van der Waals surface area contributed by atoms with E-state index < -0.39 is 0 Å². The molecule has 0 saturated carbocycles. The van der Waals surface area contributed by atoms with Gasteiger partial charge in [0.05, 0.1) is 7.11 Å². The van der Waals surface area contributed by atoms with Crippen LogP contribution >= 0.6 is 0 Å². The predicted octanol–water partition coefficient (Wildman–Crippen LogP) is 0.494. The molecule has 1 aromatic carbocycles. The highest BCUT2D eigenvalue weighted by molar-refractivity contribution is 5.84. The number of aromatic nitrogens is 1. The number of methoxy groups -OCH3 is 1. The lowest BCUT2D eigenvalue weighted by Crippen LogP contribution is -2.66. The number of aromatic amines is 1. The number of benzene rings is 1. The highest BCUT2D eigenvalue weighted by Crippen LogP contribution is 2.18. The second-order valence-corrected chi connectivity index (χ2v) is 3.78. The summed E-state index contributed by atoms with van der Waals surface area (Å²) in [6.45, 7) is 0. The summed E-state index contributed by atoms with van der Waals surface area (Å²) < 4.78 is 4.66. The second-order valence-electron chi connectivity index (χ2n) is 3.78. The van der Waals surface area contributed by atoms with Crippen LogP contribution in [0.25, 0.3) is 10.9 Å². The fourth-order valence-electron chi connectivity index (χ4n) is 1.82. The summed E-state index contributed by atoms with van der Waals surface area (Å²) in [5.41, 5.74) is 5.98. The maximum atomic E-state index is 11.3. The third-order valence-electron chi connectivity index (χ3n) is 2.68. The van der Waals surface area contributed by atoms with E-state index in [0.717, 1.165) is 16.5 Å². The molecule has 2 rings (SSSR count). The van der Waals surface area contributed by atoms with Gasteiger partial charge in [-0.3, -0.25) is 0 Å². The van der Waals surface area contributed by atoms with Gasteiger partial charge in [0.1, 0.15) is 0 Å². The Bertz CT molecular complexity index is 504. The van der Waals surface area contributed by atoms with Gasteiger partial charge >= 0.3 is 5.97 Å². The molecule has 0 radical (unpaired) electrons. The summed E-state index contributed by atoms with van der Waals surface area (Å²) in [5, 5.41) is 1.14. The highest BCUT2D eigenvalue weighted by atomic mass is 16.5. The Morgan fingerprint density at radius 2 is 2.25 bits per heavy atom. The van der Waals surface area contributed by atoms with Crippen molar-refractivity contribution in [3.8, 4) is 0 Å². The first-order chi connectivity index (χ1) is 7.72. The third kappa shape index (κ3) is 1.92. The van der Waals surface area contributed by atoms with Gasteiger partial charge in [-0.1, -0.05) is 18.2 Å². The molecule has 4 nitrogen and oxygen atoms in total. The molecule has 0 unspecified atom stereocenters. The molecule has 4 heteroatoms. The molecular formula is C12H15N2O2+. The number of ether oxygens (including phenoxy) is 1. The van der Waals surface area contributed by atoms with E-state index in [2.05, 4.69) is 15.5 Å². The van der Waals surface area contributed by atoms with Crippen LogP contribution in [-0.4, -0.2) is 24.1 Å². The topological polar surface area (TPSA) is 69.7 Å². The van der Waals surface area contributed by atoms with Crippen molar-refractivity contribution in [2.45, 2.75) is 12.5 Å². The van der Waals surface area contributed by atoms with Gasteiger partial charge in [-0.2, -0.15) is 0 Å². The lowest BCUT2D eigenvalue weighted by atomic mass is 10.1. The first-order valence-corrected chi connectivity index (χ1v) is 5.18. The van der Waals surface area contributed by atoms with E-state index in [1.54, 1.807) is 0 Å². The zero-order valence-corrected chi connectivity index (χ0v) is 9.19. The molecule has 0 spiro atoms. The van der Waals surface area contributed by atoms with Crippen LogP contribution in [0.4, 0.5) is 0 Å². The average Bonchev–Trinajstić information content (AvgIpc) is 2.72. The fourth-order valence-corrected chi connectivity index (χ4v) is 1.82. The number of quaternary nitrogens is 1. The molecule has 1 aromatic heterocycles. The molecule has 0 fully saturated rings. The summed E-state index contributed by atoms with van der Waals surface area (Å²) in [5.74, 6) is -0.273. The largest absolute Gasteiger partial charge is 0.465 e. The molecule has 0 bridgehead atoms. The molecule has 0 saturated heterocycles. The molecule has 0 aliphatic rings. The molecule has 0 aliphatic heterocycles. The first kappa shape index (κ1) is 10.7. The van der Waals surface area contributed by atoms with Crippen molar-refractivity contribution >= 4 is 16.9 Å². The van der Waals surface area contributed by atoms with Crippen LogP contribution in [0.2, 0.25) is 0 Å². The zero-order valence-electron chi connectivity index (χ0n) is 9.19. The minimum atomic E-state index is -0.357. The van der Waals surface area contributed by atoms with Crippen molar-refractivity contribution in [1.82, 2.24) is 4.98 Å². The van der Waals surface area contributed by atoms with Gasteiger partial charge in [0.15, 0.2) is 6.04 Å². The lowest BCUT2D eigenvalue weighted by Gasteiger charge is -2.04. The minimum Gasteiger partial charge on any atom is -0.465 e. The van der Waals surface area contributed by atoms with Crippen molar-refractivity contribution in [2.75, 3.05) is 7.11 Å². The number of H-pyrrole nitrogens is 1. The Kier molecular flexibility index (Phi) is 2.92. The van der Waals surface area contributed by atoms with Gasteiger partial charge in [-0.25, -0.2) is 4.79 Å².